The molecular formula is C23H24FN5O2. The Kier molecular flexibility index (Phi) is 5.18. The van der Waals surface area contributed by atoms with Gasteiger partial charge >= 0.3 is 0 Å². The molecule has 0 saturated carbocycles. The monoisotopic (exact) mass is 421 g/mol. The van der Waals surface area contributed by atoms with Crippen LogP contribution in [0.15, 0.2) is 41.2 Å². The second-order valence-corrected chi connectivity index (χ2v) is 8.01. The minimum Gasteiger partial charge on any atom is -0.385 e. The van der Waals surface area contributed by atoms with Gasteiger partial charge in [0.25, 0.3) is 5.56 Å². The maximum Gasteiger partial charge on any atom is 0.279 e. The lowest BCUT2D eigenvalue weighted by Crippen LogP contribution is -2.24. The number of fused-ring (bicyclic) bond motifs is 1. The molecule has 2 heterocycles. The van der Waals surface area contributed by atoms with E-state index in [9.17, 15) is 9.90 Å². The summed E-state index contributed by atoms with van der Waals surface area (Å²) < 4.78 is 17.9. The third kappa shape index (κ3) is 3.53. The van der Waals surface area contributed by atoms with Crippen LogP contribution in [-0.4, -0.2) is 29.7 Å². The highest BCUT2D eigenvalue weighted by atomic mass is 19.1. The van der Waals surface area contributed by atoms with Gasteiger partial charge in [-0.2, -0.15) is 14.9 Å². The Balaban J connectivity index is 2.02. The van der Waals surface area contributed by atoms with Crippen molar-refractivity contribution in [3.8, 4) is 17.1 Å². The number of hydrogen-bond donors (Lipinski definition) is 1. The van der Waals surface area contributed by atoms with Crippen LogP contribution in [0.25, 0.3) is 27.8 Å². The Hall–Kier alpha value is -3.39. The van der Waals surface area contributed by atoms with Crippen molar-refractivity contribution in [2.24, 2.45) is 7.05 Å². The fourth-order valence-corrected chi connectivity index (χ4v) is 3.72. The van der Waals surface area contributed by atoms with Gasteiger partial charge in [0.05, 0.1) is 22.3 Å². The molecule has 0 aliphatic carbocycles. The second-order valence-electron chi connectivity index (χ2n) is 8.01. The van der Waals surface area contributed by atoms with Crippen molar-refractivity contribution in [1.82, 2.24) is 24.5 Å². The fraction of sp³-hybridized carbons (Fsp3) is 0.304. The van der Waals surface area contributed by atoms with Gasteiger partial charge in [0.15, 0.2) is 11.6 Å². The van der Waals surface area contributed by atoms with E-state index in [1.54, 1.807) is 20.0 Å². The summed E-state index contributed by atoms with van der Waals surface area (Å²) in [5.41, 5.74) is 2.00. The molecule has 0 radical (unpaired) electrons. The van der Waals surface area contributed by atoms with E-state index in [1.165, 1.54) is 15.4 Å². The van der Waals surface area contributed by atoms with Crippen LogP contribution in [0.5, 0.6) is 0 Å². The number of benzene rings is 2. The molecule has 160 valence electrons. The predicted molar refractivity (Wildman–Crippen MR) is 117 cm³/mol. The third-order valence-electron chi connectivity index (χ3n) is 5.32. The first kappa shape index (κ1) is 20.9. The van der Waals surface area contributed by atoms with E-state index < -0.39 is 17.5 Å². The number of halogens is 1. The van der Waals surface area contributed by atoms with Crippen molar-refractivity contribution in [1.29, 1.82) is 0 Å². The zero-order chi connectivity index (χ0) is 22.4. The molecule has 0 bridgehead atoms. The molecule has 2 aromatic carbocycles. The molecule has 4 aromatic rings. The maximum atomic E-state index is 15.2. The zero-order valence-electron chi connectivity index (χ0n) is 18.1. The highest BCUT2D eigenvalue weighted by molar-refractivity contribution is 5.88. The highest BCUT2D eigenvalue weighted by Crippen LogP contribution is 2.29. The summed E-state index contributed by atoms with van der Waals surface area (Å²) in [5.74, 6) is -0.145. The van der Waals surface area contributed by atoms with Crippen molar-refractivity contribution in [2.75, 3.05) is 0 Å². The van der Waals surface area contributed by atoms with Crippen molar-refractivity contribution in [3.05, 3.63) is 69.7 Å². The lowest BCUT2D eigenvalue weighted by atomic mass is 10.00. The molecule has 2 aromatic heterocycles. The van der Waals surface area contributed by atoms with Crippen LogP contribution >= 0.6 is 0 Å². The van der Waals surface area contributed by atoms with Crippen LogP contribution in [0.4, 0.5) is 4.39 Å². The number of nitrogens with zero attached hydrogens (tertiary/aromatic N) is 5. The topological polar surface area (TPSA) is 85.8 Å². The van der Waals surface area contributed by atoms with Gasteiger partial charge in [-0.25, -0.2) is 9.37 Å². The lowest BCUT2D eigenvalue weighted by molar-refractivity contribution is 0.184. The molecule has 0 fully saturated rings. The van der Waals surface area contributed by atoms with Crippen molar-refractivity contribution >= 4 is 10.8 Å². The molecular weight excluding hydrogens is 397 g/mol. The molecule has 31 heavy (non-hydrogen) atoms. The number of rotatable bonds is 4. The van der Waals surface area contributed by atoms with E-state index in [0.717, 1.165) is 5.56 Å². The van der Waals surface area contributed by atoms with Crippen LogP contribution in [0.3, 0.4) is 0 Å². The molecule has 8 heteroatoms. The van der Waals surface area contributed by atoms with Crippen molar-refractivity contribution in [3.63, 3.8) is 0 Å². The largest absolute Gasteiger partial charge is 0.385 e. The van der Waals surface area contributed by atoms with Crippen molar-refractivity contribution < 1.29 is 9.50 Å². The Morgan fingerprint density at radius 2 is 1.77 bits per heavy atom. The Morgan fingerprint density at radius 1 is 1.06 bits per heavy atom. The molecule has 0 amide bonds. The molecule has 0 unspecified atom stereocenters. The fourth-order valence-electron chi connectivity index (χ4n) is 3.72. The standard InChI is InChI=1S/C23H24FN5O2/c1-12(2)20-15-10-17(21-25-22(14(4)30)28(5)27-21)18(24)11-16(15)23(31)29(26-20)19-9-7-6-8-13(19)3/h6-12,14,30H,1-5H3/t14-/m1/s1. The van der Waals surface area contributed by atoms with E-state index in [-0.39, 0.29) is 22.7 Å². The number of aliphatic hydroxyl groups excluding tert-OH is 1. The van der Waals surface area contributed by atoms with Gasteiger partial charge in [-0.3, -0.25) is 9.48 Å². The number of aromatic nitrogens is 5. The number of aliphatic hydroxyl groups is 1. The smallest absolute Gasteiger partial charge is 0.279 e. The summed E-state index contributed by atoms with van der Waals surface area (Å²) in [6.07, 6.45) is -0.844. The van der Waals surface area contributed by atoms with Crippen LogP contribution < -0.4 is 5.56 Å². The van der Waals surface area contributed by atoms with Gasteiger partial charge in [-0.15, -0.1) is 0 Å². The first-order chi connectivity index (χ1) is 14.7. The number of para-hydroxylation sites is 1. The third-order valence-corrected chi connectivity index (χ3v) is 5.32. The molecule has 1 atom stereocenters. The Bertz CT molecular complexity index is 1350. The van der Waals surface area contributed by atoms with Crippen molar-refractivity contribution in [2.45, 2.75) is 39.7 Å². The summed E-state index contributed by atoms with van der Waals surface area (Å²) in [5, 5.41) is 19.5. The quantitative estimate of drug-likeness (QED) is 0.542. The van der Waals surface area contributed by atoms with Gasteiger partial charge in [-0.1, -0.05) is 32.0 Å². The highest BCUT2D eigenvalue weighted by Gasteiger charge is 2.21. The first-order valence-electron chi connectivity index (χ1n) is 10.1. The summed E-state index contributed by atoms with van der Waals surface area (Å²) in [7, 11) is 1.64. The summed E-state index contributed by atoms with van der Waals surface area (Å²) in [6.45, 7) is 7.42. The lowest BCUT2D eigenvalue weighted by Gasteiger charge is -2.15. The molecule has 0 aliphatic rings. The van der Waals surface area contributed by atoms with Gasteiger partial charge in [0.2, 0.25) is 0 Å². The minimum atomic E-state index is -0.844. The average Bonchev–Trinajstić information content (AvgIpc) is 3.10. The minimum absolute atomic E-state index is 0.0126. The first-order valence-corrected chi connectivity index (χ1v) is 10.1. The summed E-state index contributed by atoms with van der Waals surface area (Å²) in [4.78, 5) is 17.5. The summed E-state index contributed by atoms with van der Waals surface area (Å²) >= 11 is 0. The molecule has 7 nitrogen and oxygen atoms in total. The zero-order valence-corrected chi connectivity index (χ0v) is 18.1. The predicted octanol–water partition coefficient (Wildman–Crippen LogP) is 3.81. The molecule has 0 aliphatic heterocycles. The second kappa shape index (κ2) is 7.70. The van der Waals surface area contributed by atoms with Crippen LogP contribution in [0.2, 0.25) is 0 Å². The van der Waals surface area contributed by atoms with E-state index in [0.29, 0.717) is 22.6 Å². The normalized spacial score (nSPS) is 12.6. The van der Waals surface area contributed by atoms with E-state index >= 15 is 4.39 Å². The maximum absolute atomic E-state index is 15.2. The number of hydrogen-bond acceptors (Lipinski definition) is 5. The molecule has 1 N–H and O–H groups in total. The number of aryl methyl sites for hydroxylation is 2. The van der Waals surface area contributed by atoms with Crippen LogP contribution in [0, 0.1) is 12.7 Å². The van der Waals surface area contributed by atoms with E-state index in [4.69, 9.17) is 0 Å². The SMILES string of the molecule is Cc1ccccc1-n1nc(C(C)C)c2cc(-c3nc([C@@H](C)O)n(C)n3)c(F)cc2c1=O. The summed E-state index contributed by atoms with van der Waals surface area (Å²) in [6, 6.07) is 10.3. The van der Waals surface area contributed by atoms with Crippen LogP contribution in [0.1, 0.15) is 49.9 Å². The Morgan fingerprint density at radius 3 is 2.39 bits per heavy atom. The molecule has 0 spiro atoms. The van der Waals surface area contributed by atoms with Gasteiger partial charge < -0.3 is 5.11 Å². The van der Waals surface area contributed by atoms with E-state index in [1.807, 2.05) is 45.0 Å². The van der Waals surface area contributed by atoms with Crippen LogP contribution in [-0.2, 0) is 7.05 Å². The molecule has 4 rings (SSSR count). The van der Waals surface area contributed by atoms with Gasteiger partial charge in [0.1, 0.15) is 11.9 Å². The Labute approximate surface area is 178 Å². The van der Waals surface area contributed by atoms with E-state index in [2.05, 4.69) is 15.2 Å². The molecule has 0 saturated heterocycles. The van der Waals surface area contributed by atoms with Gasteiger partial charge in [-0.05, 0) is 43.5 Å². The average molecular weight is 421 g/mol. The van der Waals surface area contributed by atoms with Gasteiger partial charge in [0, 0.05) is 12.4 Å².